The van der Waals surface area contributed by atoms with E-state index in [1.54, 1.807) is 13.2 Å². The molecule has 1 N–H and O–H groups in total. The van der Waals surface area contributed by atoms with Gasteiger partial charge in [0.05, 0.1) is 4.91 Å². The SMILES string of the molecule is CN=C1NC(=O)C(=Cc2ccc(N(C)C(C)C)nc2)S1. The third-order valence-electron chi connectivity index (χ3n) is 3.06. The van der Waals surface area contributed by atoms with E-state index in [2.05, 4.69) is 34.0 Å². The van der Waals surface area contributed by atoms with Crippen molar-refractivity contribution in [2.45, 2.75) is 19.9 Å². The lowest BCUT2D eigenvalue weighted by molar-refractivity contribution is -0.115. The fraction of sp³-hybridized carbons (Fsp3) is 0.357. The quantitative estimate of drug-likeness (QED) is 0.866. The molecule has 2 heterocycles. The van der Waals surface area contributed by atoms with Crippen LogP contribution in [0, 0.1) is 0 Å². The van der Waals surface area contributed by atoms with Crippen molar-refractivity contribution >= 4 is 34.7 Å². The minimum atomic E-state index is -0.112. The van der Waals surface area contributed by atoms with E-state index in [1.165, 1.54) is 11.8 Å². The van der Waals surface area contributed by atoms with Gasteiger partial charge in [0.2, 0.25) is 0 Å². The number of pyridine rings is 1. The van der Waals surface area contributed by atoms with Crippen molar-refractivity contribution in [3.05, 3.63) is 28.8 Å². The molecule has 1 saturated heterocycles. The molecule has 20 heavy (non-hydrogen) atoms. The topological polar surface area (TPSA) is 57.6 Å². The minimum absolute atomic E-state index is 0.112. The number of nitrogens with zero attached hydrogens (tertiary/aromatic N) is 3. The summed E-state index contributed by atoms with van der Waals surface area (Å²) in [6, 6.07) is 4.31. The zero-order valence-electron chi connectivity index (χ0n) is 12.0. The Balaban J connectivity index is 2.17. The second-order valence-corrected chi connectivity index (χ2v) is 5.78. The van der Waals surface area contributed by atoms with Crippen LogP contribution in [0.1, 0.15) is 19.4 Å². The fourth-order valence-corrected chi connectivity index (χ4v) is 2.42. The van der Waals surface area contributed by atoms with E-state index >= 15 is 0 Å². The summed E-state index contributed by atoms with van der Waals surface area (Å²) in [5, 5.41) is 3.33. The molecular formula is C14H18N4OS. The molecule has 0 unspecified atom stereocenters. The van der Waals surface area contributed by atoms with Crippen molar-refractivity contribution in [2.75, 3.05) is 19.0 Å². The van der Waals surface area contributed by atoms with Crippen molar-refractivity contribution < 1.29 is 4.79 Å². The lowest BCUT2D eigenvalue weighted by Gasteiger charge is -2.22. The Labute approximate surface area is 123 Å². The molecule has 5 nitrogen and oxygen atoms in total. The van der Waals surface area contributed by atoms with Gasteiger partial charge in [-0.05, 0) is 49.4 Å². The van der Waals surface area contributed by atoms with E-state index in [4.69, 9.17) is 0 Å². The summed E-state index contributed by atoms with van der Waals surface area (Å²) < 4.78 is 0. The maximum atomic E-state index is 11.7. The molecular weight excluding hydrogens is 272 g/mol. The highest BCUT2D eigenvalue weighted by atomic mass is 32.2. The molecule has 0 saturated carbocycles. The average Bonchev–Trinajstić information content (AvgIpc) is 2.79. The molecule has 1 aliphatic heterocycles. The van der Waals surface area contributed by atoms with Crippen LogP contribution >= 0.6 is 11.8 Å². The van der Waals surface area contributed by atoms with Crippen LogP contribution in [0.4, 0.5) is 5.82 Å². The van der Waals surface area contributed by atoms with Gasteiger partial charge in [-0.1, -0.05) is 0 Å². The van der Waals surface area contributed by atoms with Crippen molar-refractivity contribution in [1.29, 1.82) is 0 Å². The first-order valence-electron chi connectivity index (χ1n) is 6.38. The van der Waals surface area contributed by atoms with E-state index in [9.17, 15) is 4.79 Å². The van der Waals surface area contributed by atoms with Gasteiger partial charge in [0.25, 0.3) is 5.91 Å². The Kier molecular flexibility index (Phi) is 4.44. The second-order valence-electron chi connectivity index (χ2n) is 4.75. The molecule has 0 aromatic carbocycles. The van der Waals surface area contributed by atoms with Gasteiger partial charge in [-0.15, -0.1) is 0 Å². The van der Waals surface area contributed by atoms with Gasteiger partial charge >= 0.3 is 0 Å². The highest BCUT2D eigenvalue weighted by molar-refractivity contribution is 8.18. The number of carbonyl (C=O) groups excluding carboxylic acids is 1. The molecule has 0 atom stereocenters. The van der Waals surface area contributed by atoms with E-state index in [-0.39, 0.29) is 5.91 Å². The Morgan fingerprint density at radius 3 is 2.70 bits per heavy atom. The molecule has 1 aromatic rings. The van der Waals surface area contributed by atoms with E-state index in [0.717, 1.165) is 11.4 Å². The Morgan fingerprint density at radius 1 is 1.45 bits per heavy atom. The summed E-state index contributed by atoms with van der Waals surface area (Å²) in [6.07, 6.45) is 3.60. The van der Waals surface area contributed by atoms with Crippen LogP contribution in [0.2, 0.25) is 0 Å². The zero-order valence-corrected chi connectivity index (χ0v) is 12.9. The van der Waals surface area contributed by atoms with Gasteiger partial charge in [0.1, 0.15) is 5.82 Å². The van der Waals surface area contributed by atoms with E-state index < -0.39 is 0 Å². The number of hydrogen-bond donors (Lipinski definition) is 1. The predicted molar refractivity (Wildman–Crippen MR) is 84.8 cm³/mol. The summed E-state index contributed by atoms with van der Waals surface area (Å²) in [7, 11) is 3.67. The van der Waals surface area contributed by atoms with Crippen LogP contribution < -0.4 is 10.2 Å². The number of amidine groups is 1. The summed E-state index contributed by atoms with van der Waals surface area (Å²) in [4.78, 5) is 22.8. The number of hydrogen-bond acceptors (Lipinski definition) is 5. The van der Waals surface area contributed by atoms with Crippen molar-refractivity contribution in [1.82, 2.24) is 10.3 Å². The predicted octanol–water partition coefficient (Wildman–Crippen LogP) is 2.12. The first kappa shape index (κ1) is 14.6. The highest BCUT2D eigenvalue weighted by Gasteiger charge is 2.22. The normalized spacial score (nSPS) is 18.9. The smallest absolute Gasteiger partial charge is 0.264 e. The van der Waals surface area contributed by atoms with Crippen molar-refractivity contribution in [2.24, 2.45) is 4.99 Å². The van der Waals surface area contributed by atoms with Gasteiger partial charge in [0.15, 0.2) is 5.17 Å². The molecule has 6 heteroatoms. The highest BCUT2D eigenvalue weighted by Crippen LogP contribution is 2.25. The molecule has 0 radical (unpaired) electrons. The Morgan fingerprint density at radius 2 is 2.20 bits per heavy atom. The third-order valence-corrected chi connectivity index (χ3v) is 4.06. The van der Waals surface area contributed by atoms with Gasteiger partial charge in [-0.2, -0.15) is 0 Å². The van der Waals surface area contributed by atoms with Crippen molar-refractivity contribution in [3.8, 4) is 0 Å². The number of nitrogens with one attached hydrogen (secondary N) is 1. The van der Waals surface area contributed by atoms with E-state index in [0.29, 0.717) is 16.1 Å². The third kappa shape index (κ3) is 3.19. The Bertz CT molecular complexity index is 563. The van der Waals surface area contributed by atoms with Gasteiger partial charge in [-0.3, -0.25) is 9.79 Å². The van der Waals surface area contributed by atoms with E-state index in [1.807, 2.05) is 25.3 Å². The molecule has 106 valence electrons. The van der Waals surface area contributed by atoms with Crippen LogP contribution in [-0.2, 0) is 4.79 Å². The second kappa shape index (κ2) is 6.09. The van der Waals surface area contributed by atoms with Gasteiger partial charge in [-0.25, -0.2) is 4.98 Å². The summed E-state index contributed by atoms with van der Waals surface area (Å²) in [5.41, 5.74) is 0.904. The molecule has 1 aliphatic rings. The van der Waals surface area contributed by atoms with Crippen LogP contribution in [-0.4, -0.2) is 36.2 Å². The summed E-state index contributed by atoms with van der Waals surface area (Å²) >= 11 is 1.34. The van der Waals surface area contributed by atoms with Gasteiger partial charge in [0, 0.05) is 26.3 Å². The molecule has 2 rings (SSSR count). The molecule has 1 aromatic heterocycles. The monoisotopic (exact) mass is 290 g/mol. The first-order chi connectivity index (χ1) is 9.51. The number of aliphatic imine (C=N–C) groups is 1. The number of carbonyl (C=O) groups is 1. The number of rotatable bonds is 3. The molecule has 0 bridgehead atoms. The molecule has 1 fully saturated rings. The maximum Gasteiger partial charge on any atom is 0.264 e. The molecule has 0 spiro atoms. The lowest BCUT2D eigenvalue weighted by Crippen LogP contribution is -2.26. The molecule has 1 amide bonds. The maximum absolute atomic E-state index is 11.7. The van der Waals surface area contributed by atoms with Crippen LogP contribution in [0.25, 0.3) is 6.08 Å². The fourth-order valence-electron chi connectivity index (χ4n) is 1.64. The Hall–Kier alpha value is -1.82. The number of aromatic nitrogens is 1. The lowest BCUT2D eigenvalue weighted by atomic mass is 10.2. The average molecular weight is 290 g/mol. The summed E-state index contributed by atoms with van der Waals surface area (Å²) in [6.45, 7) is 4.23. The number of anilines is 1. The number of thioether (sulfide) groups is 1. The van der Waals surface area contributed by atoms with Crippen LogP contribution in [0.5, 0.6) is 0 Å². The first-order valence-corrected chi connectivity index (χ1v) is 7.19. The standard InChI is InChI=1S/C14H18N4OS/c1-9(2)18(4)12-6-5-10(8-16-12)7-11-13(19)17-14(15-3)20-11/h5-9H,1-4H3,(H,15,17,19). The van der Waals surface area contributed by atoms with Crippen molar-refractivity contribution in [3.63, 3.8) is 0 Å². The van der Waals surface area contributed by atoms with Crippen LogP contribution in [0.3, 0.4) is 0 Å². The van der Waals surface area contributed by atoms with Crippen LogP contribution in [0.15, 0.2) is 28.2 Å². The summed E-state index contributed by atoms with van der Waals surface area (Å²) in [5.74, 6) is 0.806. The number of amides is 1. The molecule has 0 aliphatic carbocycles. The zero-order chi connectivity index (χ0) is 14.7. The largest absolute Gasteiger partial charge is 0.357 e. The minimum Gasteiger partial charge on any atom is -0.357 e. The van der Waals surface area contributed by atoms with Gasteiger partial charge < -0.3 is 10.2 Å².